The summed E-state index contributed by atoms with van der Waals surface area (Å²) in [5.74, 6) is -1.46. The van der Waals surface area contributed by atoms with Gasteiger partial charge in [0.1, 0.15) is 34.8 Å². The molecule has 0 bridgehead atoms. The maximum Gasteiger partial charge on any atom is 0.144 e. The summed E-state index contributed by atoms with van der Waals surface area (Å²) in [6.45, 7) is 2.67. The van der Waals surface area contributed by atoms with Crippen molar-refractivity contribution < 1.29 is 17.9 Å². The first-order valence-electron chi connectivity index (χ1n) is 10.7. The molecule has 33 heavy (non-hydrogen) atoms. The molecule has 0 saturated heterocycles. The van der Waals surface area contributed by atoms with Crippen molar-refractivity contribution in [3.05, 3.63) is 94.9 Å². The maximum absolute atomic E-state index is 15.1. The number of aromatic nitrogens is 1. The Labute approximate surface area is 190 Å². The van der Waals surface area contributed by atoms with Crippen molar-refractivity contribution in [3.8, 4) is 23.1 Å². The van der Waals surface area contributed by atoms with Gasteiger partial charge in [-0.1, -0.05) is 31.2 Å². The third-order valence-electron chi connectivity index (χ3n) is 5.44. The number of hydrogen-bond acceptors (Lipinski definition) is 3. The van der Waals surface area contributed by atoms with E-state index in [1.54, 1.807) is 18.3 Å². The van der Waals surface area contributed by atoms with E-state index in [9.17, 15) is 8.78 Å². The van der Waals surface area contributed by atoms with Gasteiger partial charge in [0, 0.05) is 10.9 Å². The Bertz CT molecular complexity index is 1320. The largest absolute Gasteiger partial charge is 0.492 e. The monoisotopic (exact) mass is 446 g/mol. The molecule has 166 valence electrons. The number of nitriles is 1. The highest BCUT2D eigenvalue weighted by Gasteiger charge is 2.13. The van der Waals surface area contributed by atoms with Crippen molar-refractivity contribution in [2.75, 3.05) is 6.61 Å². The second-order valence-corrected chi connectivity index (χ2v) is 7.75. The molecule has 0 fully saturated rings. The van der Waals surface area contributed by atoms with Crippen LogP contribution in [-0.4, -0.2) is 11.6 Å². The predicted octanol–water partition coefficient (Wildman–Crippen LogP) is 6.76. The number of hydrogen-bond donors (Lipinski definition) is 0. The summed E-state index contributed by atoms with van der Waals surface area (Å²) < 4.78 is 48.3. The lowest BCUT2D eigenvalue weighted by molar-refractivity contribution is 0.316. The van der Waals surface area contributed by atoms with E-state index in [2.05, 4.69) is 4.98 Å². The molecule has 1 aromatic heterocycles. The highest BCUT2D eigenvalue weighted by atomic mass is 19.1. The molecule has 4 aromatic rings. The quantitative estimate of drug-likeness (QED) is 0.315. The topological polar surface area (TPSA) is 45.9 Å². The lowest BCUT2D eigenvalue weighted by Crippen LogP contribution is -1.99. The van der Waals surface area contributed by atoms with Gasteiger partial charge in [-0.05, 0) is 66.1 Å². The fraction of sp³-hybridized carbons (Fsp3) is 0.185. The Kier molecular flexibility index (Phi) is 6.60. The Morgan fingerprint density at radius 2 is 1.73 bits per heavy atom. The Morgan fingerprint density at radius 3 is 2.39 bits per heavy atom. The molecule has 3 nitrogen and oxygen atoms in total. The summed E-state index contributed by atoms with van der Waals surface area (Å²) in [7, 11) is 0. The molecule has 0 amide bonds. The Balaban J connectivity index is 1.54. The molecule has 6 heteroatoms. The summed E-state index contributed by atoms with van der Waals surface area (Å²) >= 11 is 0. The normalized spacial score (nSPS) is 10.9. The van der Waals surface area contributed by atoms with Crippen LogP contribution in [0.15, 0.2) is 60.8 Å². The molecule has 4 rings (SSSR count). The van der Waals surface area contributed by atoms with Crippen LogP contribution < -0.4 is 4.74 Å². The first-order chi connectivity index (χ1) is 16.0. The van der Waals surface area contributed by atoms with Crippen LogP contribution in [0.4, 0.5) is 13.2 Å². The first kappa shape index (κ1) is 22.3. The van der Waals surface area contributed by atoms with Crippen molar-refractivity contribution in [2.24, 2.45) is 0 Å². The number of halogens is 3. The highest BCUT2D eigenvalue weighted by Crippen LogP contribution is 2.28. The molecular formula is C27H21F3N2O. The average Bonchev–Trinajstić information content (AvgIpc) is 2.82. The van der Waals surface area contributed by atoms with Crippen molar-refractivity contribution >= 4 is 10.8 Å². The van der Waals surface area contributed by atoms with Crippen LogP contribution in [0.1, 0.15) is 30.0 Å². The minimum absolute atomic E-state index is 0.246. The summed E-state index contributed by atoms with van der Waals surface area (Å²) in [5.41, 5.74) is 1.84. The molecular weight excluding hydrogens is 425 g/mol. The third-order valence-corrected chi connectivity index (χ3v) is 5.44. The van der Waals surface area contributed by atoms with E-state index in [-0.39, 0.29) is 18.7 Å². The van der Waals surface area contributed by atoms with Crippen molar-refractivity contribution in [1.29, 1.82) is 5.26 Å². The van der Waals surface area contributed by atoms with Crippen LogP contribution in [0.3, 0.4) is 0 Å². The maximum atomic E-state index is 15.1. The summed E-state index contributed by atoms with van der Waals surface area (Å²) in [5, 5.41) is 9.98. The SMILES string of the molecule is CCCOc1ccc(-c2ccc3c(F)c(CCc4cc(F)c(C#N)c(F)c4)ccc3c2)nc1. The number of rotatable bonds is 7. The molecule has 0 aliphatic heterocycles. The number of ether oxygens (including phenoxy) is 1. The van der Waals surface area contributed by atoms with Crippen LogP contribution in [0, 0.1) is 28.8 Å². The van der Waals surface area contributed by atoms with Crippen LogP contribution in [0.5, 0.6) is 5.75 Å². The highest BCUT2D eigenvalue weighted by molar-refractivity contribution is 5.88. The van der Waals surface area contributed by atoms with E-state index in [0.29, 0.717) is 28.9 Å². The van der Waals surface area contributed by atoms with Crippen LogP contribution in [0.2, 0.25) is 0 Å². The number of benzene rings is 3. The van der Waals surface area contributed by atoms with E-state index in [1.165, 1.54) is 6.07 Å². The Morgan fingerprint density at radius 1 is 0.939 bits per heavy atom. The van der Waals surface area contributed by atoms with Gasteiger partial charge in [-0.15, -0.1) is 0 Å². The second kappa shape index (κ2) is 9.74. The van der Waals surface area contributed by atoms with Gasteiger partial charge in [0.15, 0.2) is 0 Å². The molecule has 0 aliphatic rings. The number of nitrogens with zero attached hydrogens (tertiary/aromatic N) is 2. The van der Waals surface area contributed by atoms with Crippen LogP contribution in [0.25, 0.3) is 22.0 Å². The minimum atomic E-state index is -0.905. The van der Waals surface area contributed by atoms with Gasteiger partial charge in [0.05, 0.1) is 18.5 Å². The molecule has 1 heterocycles. The zero-order chi connectivity index (χ0) is 23.4. The molecule has 0 radical (unpaired) electrons. The summed E-state index contributed by atoms with van der Waals surface area (Å²) in [6, 6.07) is 16.4. The van der Waals surface area contributed by atoms with Crippen LogP contribution >= 0.6 is 0 Å². The molecule has 0 spiro atoms. The summed E-state index contributed by atoms with van der Waals surface area (Å²) in [6.07, 6.45) is 3.11. The molecule has 0 unspecified atom stereocenters. The fourth-order valence-electron chi connectivity index (χ4n) is 3.70. The average molecular weight is 446 g/mol. The second-order valence-electron chi connectivity index (χ2n) is 7.75. The number of pyridine rings is 1. The lowest BCUT2D eigenvalue weighted by atomic mass is 9.98. The van der Waals surface area contributed by atoms with E-state index >= 15 is 4.39 Å². The smallest absolute Gasteiger partial charge is 0.144 e. The fourth-order valence-corrected chi connectivity index (χ4v) is 3.70. The summed E-state index contributed by atoms with van der Waals surface area (Å²) in [4.78, 5) is 4.44. The van der Waals surface area contributed by atoms with E-state index in [4.69, 9.17) is 10.00 Å². The van der Waals surface area contributed by atoms with Crippen molar-refractivity contribution in [1.82, 2.24) is 4.98 Å². The van der Waals surface area contributed by atoms with E-state index in [1.807, 2.05) is 37.3 Å². The van der Waals surface area contributed by atoms with Crippen molar-refractivity contribution in [2.45, 2.75) is 26.2 Å². The van der Waals surface area contributed by atoms with E-state index < -0.39 is 17.2 Å². The zero-order valence-corrected chi connectivity index (χ0v) is 18.0. The minimum Gasteiger partial charge on any atom is -0.492 e. The molecule has 0 atom stereocenters. The van der Waals surface area contributed by atoms with Gasteiger partial charge < -0.3 is 4.74 Å². The van der Waals surface area contributed by atoms with Gasteiger partial charge in [-0.2, -0.15) is 5.26 Å². The molecule has 0 saturated carbocycles. The molecule has 3 aromatic carbocycles. The number of aryl methyl sites for hydroxylation is 2. The van der Waals surface area contributed by atoms with E-state index in [0.717, 1.165) is 35.2 Å². The molecule has 0 aliphatic carbocycles. The number of fused-ring (bicyclic) bond motifs is 1. The lowest BCUT2D eigenvalue weighted by Gasteiger charge is -2.10. The van der Waals surface area contributed by atoms with Crippen LogP contribution in [-0.2, 0) is 12.8 Å². The van der Waals surface area contributed by atoms with Gasteiger partial charge >= 0.3 is 0 Å². The van der Waals surface area contributed by atoms with Gasteiger partial charge in [0.2, 0.25) is 0 Å². The third kappa shape index (κ3) is 4.83. The van der Waals surface area contributed by atoms with Crippen molar-refractivity contribution in [3.63, 3.8) is 0 Å². The predicted molar refractivity (Wildman–Crippen MR) is 121 cm³/mol. The standard InChI is InChI=1S/C27H21F3N2O/c1-2-11-33-21-8-10-26(32-16-21)20-7-9-22-19(14-20)6-5-18(27(22)30)4-3-17-12-24(28)23(15-31)25(29)13-17/h5-10,12-14,16H,2-4,11H2,1H3. The van der Waals surface area contributed by atoms with Gasteiger partial charge in [-0.3, -0.25) is 4.98 Å². The Hall–Kier alpha value is -3.85. The molecule has 0 N–H and O–H groups in total. The van der Waals surface area contributed by atoms with Gasteiger partial charge in [-0.25, -0.2) is 13.2 Å². The first-order valence-corrected chi connectivity index (χ1v) is 10.7. The zero-order valence-electron chi connectivity index (χ0n) is 18.0. The van der Waals surface area contributed by atoms with Gasteiger partial charge in [0.25, 0.3) is 0 Å².